The van der Waals surface area contributed by atoms with Gasteiger partial charge in [-0.2, -0.15) is 0 Å². The summed E-state index contributed by atoms with van der Waals surface area (Å²) in [6.07, 6.45) is 0.253. The Bertz CT molecular complexity index is 381. The lowest BCUT2D eigenvalue weighted by molar-refractivity contribution is -0.144. The largest absolute Gasteiger partial charge is 0.496 e. The molecule has 1 atom stereocenters. The first kappa shape index (κ1) is 12.5. The van der Waals surface area contributed by atoms with Gasteiger partial charge in [-0.15, -0.1) is 0 Å². The molecule has 88 valence electrons. The summed E-state index contributed by atoms with van der Waals surface area (Å²) in [5.74, 6) is 4.93. The number of nitrogens with two attached hydrogens (primary N) is 1. The Morgan fingerprint density at radius 1 is 1.56 bits per heavy atom. The fraction of sp³-hybridized carbons (Fsp3) is 0.364. The van der Waals surface area contributed by atoms with Gasteiger partial charge in [-0.05, 0) is 18.6 Å². The molecule has 0 fully saturated rings. The van der Waals surface area contributed by atoms with Crippen molar-refractivity contribution in [1.82, 2.24) is 5.43 Å². The molecule has 1 aromatic rings. The molecule has 4 N–H and O–H groups in total. The Labute approximate surface area is 94.2 Å². The van der Waals surface area contributed by atoms with Crippen LogP contribution < -0.4 is 16.0 Å². The summed E-state index contributed by atoms with van der Waals surface area (Å²) in [5, 5.41) is 9.07. The minimum atomic E-state index is -1.20. The van der Waals surface area contributed by atoms with Crippen molar-refractivity contribution < 1.29 is 14.6 Å². The van der Waals surface area contributed by atoms with Crippen LogP contribution in [-0.4, -0.2) is 23.7 Å². The average Bonchev–Trinajstić information content (AvgIpc) is 2.29. The average molecular weight is 224 g/mol. The predicted molar refractivity (Wildman–Crippen MR) is 60.1 cm³/mol. The number of benzene rings is 1. The van der Waals surface area contributed by atoms with Gasteiger partial charge in [0.15, 0.2) is 0 Å². The molecule has 0 amide bonds. The van der Waals surface area contributed by atoms with E-state index >= 15 is 0 Å². The van der Waals surface area contributed by atoms with Crippen LogP contribution >= 0.6 is 0 Å². The van der Waals surface area contributed by atoms with Crippen molar-refractivity contribution in [2.75, 3.05) is 7.11 Å². The van der Waals surface area contributed by atoms with Crippen molar-refractivity contribution in [3.05, 3.63) is 29.8 Å². The van der Waals surface area contributed by atoms with Crippen LogP contribution in [0.25, 0.3) is 0 Å². The summed E-state index contributed by atoms with van der Waals surface area (Å²) in [6, 6.07) is 7.26. The SMILES string of the molecule is COc1ccccc1CC(C)(NN)C(=O)O. The van der Waals surface area contributed by atoms with Crippen LogP contribution in [0, 0.1) is 0 Å². The molecule has 1 aromatic carbocycles. The second-order valence-corrected chi connectivity index (χ2v) is 3.77. The number of carbonyl (C=O) groups is 1. The molecule has 0 bridgehead atoms. The monoisotopic (exact) mass is 224 g/mol. The van der Waals surface area contributed by atoms with Crippen molar-refractivity contribution in [2.24, 2.45) is 5.84 Å². The zero-order valence-electron chi connectivity index (χ0n) is 9.36. The molecule has 0 spiro atoms. The van der Waals surface area contributed by atoms with E-state index in [2.05, 4.69) is 5.43 Å². The number of hydrogen-bond acceptors (Lipinski definition) is 4. The zero-order chi connectivity index (χ0) is 12.2. The molecule has 0 aromatic heterocycles. The van der Waals surface area contributed by atoms with Crippen molar-refractivity contribution in [2.45, 2.75) is 18.9 Å². The number of methoxy groups -OCH3 is 1. The van der Waals surface area contributed by atoms with Gasteiger partial charge in [0.2, 0.25) is 0 Å². The van der Waals surface area contributed by atoms with Gasteiger partial charge in [0, 0.05) is 6.42 Å². The van der Waals surface area contributed by atoms with Crippen molar-refractivity contribution in [3.63, 3.8) is 0 Å². The standard InChI is InChI=1S/C11H16N2O3/c1-11(13-12,10(14)15)7-8-5-3-4-6-9(8)16-2/h3-6,13H,7,12H2,1-2H3,(H,14,15). The van der Waals surface area contributed by atoms with E-state index in [-0.39, 0.29) is 6.42 Å². The van der Waals surface area contributed by atoms with Gasteiger partial charge in [-0.25, -0.2) is 5.43 Å². The van der Waals surface area contributed by atoms with Crippen LogP contribution in [0.3, 0.4) is 0 Å². The number of hydrogen-bond donors (Lipinski definition) is 3. The third-order valence-electron chi connectivity index (χ3n) is 2.53. The Balaban J connectivity index is 2.98. The highest BCUT2D eigenvalue weighted by Crippen LogP contribution is 2.22. The van der Waals surface area contributed by atoms with Crippen molar-refractivity contribution >= 4 is 5.97 Å². The maximum atomic E-state index is 11.1. The highest BCUT2D eigenvalue weighted by Gasteiger charge is 2.32. The fourth-order valence-electron chi connectivity index (χ4n) is 1.42. The van der Waals surface area contributed by atoms with Crippen molar-refractivity contribution in [1.29, 1.82) is 0 Å². The summed E-state index contributed by atoms with van der Waals surface area (Å²) in [4.78, 5) is 11.1. The van der Waals surface area contributed by atoms with Gasteiger partial charge in [0.25, 0.3) is 0 Å². The Kier molecular flexibility index (Phi) is 3.87. The zero-order valence-corrected chi connectivity index (χ0v) is 9.36. The molecule has 0 saturated heterocycles. The summed E-state index contributed by atoms with van der Waals surface area (Å²) >= 11 is 0. The lowest BCUT2D eigenvalue weighted by atomic mass is 9.93. The number of carboxylic acid groups (broad SMARTS) is 1. The smallest absolute Gasteiger partial charge is 0.325 e. The Morgan fingerprint density at radius 2 is 2.19 bits per heavy atom. The van der Waals surface area contributed by atoms with Crippen LogP contribution in [-0.2, 0) is 11.2 Å². The van der Waals surface area contributed by atoms with Gasteiger partial charge in [-0.1, -0.05) is 18.2 Å². The molecule has 5 heteroatoms. The third-order valence-corrected chi connectivity index (χ3v) is 2.53. The minimum absolute atomic E-state index is 0.253. The van der Waals surface area contributed by atoms with Gasteiger partial charge >= 0.3 is 5.97 Å². The number of hydrazine groups is 1. The molecule has 0 aliphatic carbocycles. The number of carboxylic acids is 1. The second kappa shape index (κ2) is 4.96. The third kappa shape index (κ3) is 2.50. The molecule has 0 radical (unpaired) electrons. The molecular formula is C11H16N2O3. The minimum Gasteiger partial charge on any atom is -0.496 e. The Morgan fingerprint density at radius 3 is 2.69 bits per heavy atom. The molecule has 5 nitrogen and oxygen atoms in total. The van der Waals surface area contributed by atoms with Crippen molar-refractivity contribution in [3.8, 4) is 5.75 Å². The van der Waals surface area contributed by atoms with Crippen LogP contribution in [0.1, 0.15) is 12.5 Å². The summed E-state index contributed by atoms with van der Waals surface area (Å²) in [5.41, 5.74) is 1.92. The number of aliphatic carboxylic acids is 1. The first-order chi connectivity index (χ1) is 7.53. The quantitative estimate of drug-likeness (QED) is 0.502. The highest BCUT2D eigenvalue weighted by molar-refractivity contribution is 5.78. The highest BCUT2D eigenvalue weighted by atomic mass is 16.5. The van der Waals surface area contributed by atoms with E-state index < -0.39 is 11.5 Å². The lowest BCUT2D eigenvalue weighted by Crippen LogP contribution is -2.54. The van der Waals surface area contributed by atoms with Gasteiger partial charge < -0.3 is 9.84 Å². The van der Waals surface area contributed by atoms with E-state index in [1.54, 1.807) is 13.2 Å². The van der Waals surface area contributed by atoms with E-state index in [1.165, 1.54) is 6.92 Å². The lowest BCUT2D eigenvalue weighted by Gasteiger charge is -2.24. The van der Waals surface area contributed by atoms with Crippen LogP contribution in [0.5, 0.6) is 5.75 Å². The molecular weight excluding hydrogens is 208 g/mol. The molecule has 0 saturated carbocycles. The summed E-state index contributed by atoms with van der Waals surface area (Å²) < 4.78 is 5.15. The number of ether oxygens (including phenoxy) is 1. The van der Waals surface area contributed by atoms with Crippen LogP contribution in [0.15, 0.2) is 24.3 Å². The normalized spacial score (nSPS) is 14.2. The van der Waals surface area contributed by atoms with Crippen LogP contribution in [0.2, 0.25) is 0 Å². The van der Waals surface area contributed by atoms with E-state index in [1.807, 2.05) is 18.2 Å². The van der Waals surface area contributed by atoms with E-state index in [0.29, 0.717) is 5.75 Å². The summed E-state index contributed by atoms with van der Waals surface area (Å²) in [6.45, 7) is 1.53. The fourth-order valence-corrected chi connectivity index (χ4v) is 1.42. The molecule has 1 rings (SSSR count). The maximum Gasteiger partial charge on any atom is 0.325 e. The Hall–Kier alpha value is -1.59. The van der Waals surface area contributed by atoms with Gasteiger partial charge in [0.1, 0.15) is 11.3 Å². The van der Waals surface area contributed by atoms with E-state index in [0.717, 1.165) is 5.56 Å². The number of para-hydroxylation sites is 1. The molecule has 0 aliphatic rings. The van der Waals surface area contributed by atoms with Crippen LogP contribution in [0.4, 0.5) is 0 Å². The maximum absolute atomic E-state index is 11.1. The molecule has 0 aliphatic heterocycles. The molecule has 0 heterocycles. The number of rotatable bonds is 5. The second-order valence-electron chi connectivity index (χ2n) is 3.77. The molecule has 16 heavy (non-hydrogen) atoms. The number of nitrogens with one attached hydrogen (secondary N) is 1. The first-order valence-corrected chi connectivity index (χ1v) is 4.86. The molecule has 1 unspecified atom stereocenters. The van der Waals surface area contributed by atoms with Gasteiger partial charge in [0.05, 0.1) is 7.11 Å². The van der Waals surface area contributed by atoms with E-state index in [9.17, 15) is 4.79 Å². The van der Waals surface area contributed by atoms with E-state index in [4.69, 9.17) is 15.7 Å². The van der Waals surface area contributed by atoms with Gasteiger partial charge in [-0.3, -0.25) is 10.6 Å². The topological polar surface area (TPSA) is 84.6 Å². The first-order valence-electron chi connectivity index (χ1n) is 4.86. The predicted octanol–water partition coefficient (Wildman–Crippen LogP) is 0.544. The summed E-state index contributed by atoms with van der Waals surface area (Å²) in [7, 11) is 1.55.